The van der Waals surface area contributed by atoms with Gasteiger partial charge in [0, 0.05) is 11.8 Å². The number of aromatic nitrogens is 1. The summed E-state index contributed by atoms with van der Waals surface area (Å²) in [7, 11) is 0. The summed E-state index contributed by atoms with van der Waals surface area (Å²) in [5, 5.41) is 9.20. The second kappa shape index (κ2) is 6.75. The largest absolute Gasteiger partial charge is 0.494 e. The normalized spacial score (nSPS) is 10.2. The van der Waals surface area contributed by atoms with E-state index in [4.69, 9.17) is 9.47 Å². The van der Waals surface area contributed by atoms with Crippen molar-refractivity contribution in [1.82, 2.24) is 4.98 Å². The van der Waals surface area contributed by atoms with E-state index >= 15 is 0 Å². The number of rotatable bonds is 6. The molecular formula is C15H17NO3. The maximum Gasteiger partial charge on any atom is 0.224 e. The molecule has 2 rings (SSSR count). The third-order valence-electron chi connectivity index (χ3n) is 2.53. The predicted molar refractivity (Wildman–Crippen MR) is 72.5 cm³/mol. The fraction of sp³-hybridized carbons (Fsp3) is 0.267. The van der Waals surface area contributed by atoms with E-state index in [-0.39, 0.29) is 6.61 Å². The van der Waals surface area contributed by atoms with Crippen LogP contribution in [-0.4, -0.2) is 16.7 Å². The molecule has 19 heavy (non-hydrogen) atoms. The molecule has 0 fully saturated rings. The Kier molecular flexibility index (Phi) is 4.75. The van der Waals surface area contributed by atoms with E-state index in [2.05, 4.69) is 11.9 Å². The van der Waals surface area contributed by atoms with Crippen LogP contribution in [0.3, 0.4) is 0 Å². The Balaban J connectivity index is 2.06. The number of ether oxygens (including phenoxy) is 2. The highest BCUT2D eigenvalue weighted by Crippen LogP contribution is 2.24. The average Bonchev–Trinajstić information content (AvgIpc) is 2.47. The monoisotopic (exact) mass is 259 g/mol. The Morgan fingerprint density at radius 3 is 2.53 bits per heavy atom. The number of aliphatic hydroxyl groups excluding tert-OH is 1. The highest BCUT2D eigenvalue weighted by Gasteiger charge is 2.05. The van der Waals surface area contributed by atoms with Gasteiger partial charge in [0.15, 0.2) is 0 Å². The van der Waals surface area contributed by atoms with Gasteiger partial charge < -0.3 is 14.6 Å². The summed E-state index contributed by atoms with van der Waals surface area (Å²) < 4.78 is 11.1. The predicted octanol–water partition coefficient (Wildman–Crippen LogP) is 3.16. The molecule has 1 heterocycles. The van der Waals surface area contributed by atoms with Gasteiger partial charge in [0.05, 0.1) is 13.2 Å². The molecule has 1 aromatic heterocycles. The van der Waals surface area contributed by atoms with Gasteiger partial charge in [0.2, 0.25) is 5.88 Å². The number of hydrogen-bond donors (Lipinski definition) is 1. The minimum Gasteiger partial charge on any atom is -0.494 e. The molecule has 1 N–H and O–H groups in total. The van der Waals surface area contributed by atoms with Crippen LogP contribution in [0.25, 0.3) is 0 Å². The van der Waals surface area contributed by atoms with E-state index in [0.29, 0.717) is 23.8 Å². The van der Waals surface area contributed by atoms with Gasteiger partial charge in [-0.3, -0.25) is 0 Å². The van der Waals surface area contributed by atoms with Crippen molar-refractivity contribution in [1.29, 1.82) is 0 Å². The zero-order valence-corrected chi connectivity index (χ0v) is 10.9. The van der Waals surface area contributed by atoms with Gasteiger partial charge in [-0.1, -0.05) is 6.92 Å². The molecule has 0 saturated carbocycles. The highest BCUT2D eigenvalue weighted by molar-refractivity contribution is 5.35. The molecule has 0 bridgehead atoms. The van der Waals surface area contributed by atoms with Crippen molar-refractivity contribution in [2.45, 2.75) is 20.0 Å². The molecule has 0 amide bonds. The number of aliphatic hydroxyl groups is 1. The van der Waals surface area contributed by atoms with Crippen molar-refractivity contribution in [3.8, 4) is 17.4 Å². The molecule has 4 nitrogen and oxygen atoms in total. The van der Waals surface area contributed by atoms with E-state index in [0.717, 1.165) is 12.2 Å². The van der Waals surface area contributed by atoms with Crippen molar-refractivity contribution >= 4 is 0 Å². The first kappa shape index (κ1) is 13.4. The van der Waals surface area contributed by atoms with Gasteiger partial charge in [-0.2, -0.15) is 0 Å². The Labute approximate surface area is 112 Å². The zero-order chi connectivity index (χ0) is 13.5. The van der Waals surface area contributed by atoms with Crippen molar-refractivity contribution in [2.24, 2.45) is 0 Å². The topological polar surface area (TPSA) is 51.6 Å². The summed E-state index contributed by atoms with van der Waals surface area (Å²) in [6, 6.07) is 10.9. The second-order valence-electron chi connectivity index (χ2n) is 4.05. The Bertz CT molecular complexity index is 511. The zero-order valence-electron chi connectivity index (χ0n) is 10.9. The molecule has 0 aliphatic heterocycles. The van der Waals surface area contributed by atoms with Crippen LogP contribution in [0.4, 0.5) is 0 Å². The third kappa shape index (κ3) is 3.69. The summed E-state index contributed by atoms with van der Waals surface area (Å²) in [4.78, 5) is 4.10. The first-order valence-electron chi connectivity index (χ1n) is 6.29. The van der Waals surface area contributed by atoms with Gasteiger partial charge in [-0.25, -0.2) is 4.98 Å². The minimum absolute atomic E-state index is 0.0964. The van der Waals surface area contributed by atoms with Crippen molar-refractivity contribution in [3.05, 3.63) is 48.2 Å². The maximum absolute atomic E-state index is 9.20. The van der Waals surface area contributed by atoms with Crippen LogP contribution in [-0.2, 0) is 6.61 Å². The lowest BCUT2D eigenvalue weighted by Crippen LogP contribution is -1.96. The van der Waals surface area contributed by atoms with Gasteiger partial charge >= 0.3 is 0 Å². The quantitative estimate of drug-likeness (QED) is 0.865. The second-order valence-corrected chi connectivity index (χ2v) is 4.05. The van der Waals surface area contributed by atoms with Crippen molar-refractivity contribution in [2.75, 3.05) is 6.61 Å². The summed E-state index contributed by atoms with van der Waals surface area (Å²) >= 11 is 0. The Hall–Kier alpha value is -2.07. The first-order valence-corrected chi connectivity index (χ1v) is 6.29. The van der Waals surface area contributed by atoms with Crippen LogP contribution in [0.1, 0.15) is 18.9 Å². The van der Waals surface area contributed by atoms with Gasteiger partial charge in [0.25, 0.3) is 0 Å². The number of nitrogens with zero attached hydrogens (tertiary/aromatic N) is 1. The van der Waals surface area contributed by atoms with E-state index in [1.165, 1.54) is 0 Å². The van der Waals surface area contributed by atoms with Gasteiger partial charge in [-0.05, 0) is 42.8 Å². The fourth-order valence-electron chi connectivity index (χ4n) is 1.57. The molecule has 0 spiro atoms. The molecule has 100 valence electrons. The summed E-state index contributed by atoms with van der Waals surface area (Å²) in [5.41, 5.74) is 0.661. The lowest BCUT2D eigenvalue weighted by Gasteiger charge is -2.09. The summed E-state index contributed by atoms with van der Waals surface area (Å²) in [5.74, 6) is 1.90. The SMILES string of the molecule is CCCOc1ccc(Oc2ncccc2CO)cc1. The molecule has 0 radical (unpaired) electrons. The molecule has 1 aromatic carbocycles. The smallest absolute Gasteiger partial charge is 0.224 e. The van der Waals surface area contributed by atoms with E-state index < -0.39 is 0 Å². The molecular weight excluding hydrogens is 242 g/mol. The molecule has 2 aromatic rings. The summed E-state index contributed by atoms with van der Waals surface area (Å²) in [6.45, 7) is 2.67. The van der Waals surface area contributed by atoms with Crippen LogP contribution in [0, 0.1) is 0 Å². The first-order chi connectivity index (χ1) is 9.33. The van der Waals surface area contributed by atoms with E-state index in [9.17, 15) is 5.11 Å². The van der Waals surface area contributed by atoms with Crippen LogP contribution in [0.5, 0.6) is 17.4 Å². The van der Waals surface area contributed by atoms with Crippen LogP contribution in [0.15, 0.2) is 42.6 Å². The summed E-state index contributed by atoms with van der Waals surface area (Å²) in [6.07, 6.45) is 2.61. The molecule has 0 saturated heterocycles. The van der Waals surface area contributed by atoms with E-state index in [1.54, 1.807) is 18.3 Å². The fourth-order valence-corrected chi connectivity index (χ4v) is 1.57. The number of hydrogen-bond acceptors (Lipinski definition) is 4. The molecule has 0 aliphatic carbocycles. The van der Waals surface area contributed by atoms with Crippen LogP contribution in [0.2, 0.25) is 0 Å². The standard InChI is InChI=1S/C15H17NO3/c1-2-10-18-13-5-7-14(8-6-13)19-15-12(11-17)4-3-9-16-15/h3-9,17H,2,10-11H2,1H3. The molecule has 0 aliphatic rings. The Morgan fingerprint density at radius 1 is 1.11 bits per heavy atom. The van der Waals surface area contributed by atoms with Crippen molar-refractivity contribution < 1.29 is 14.6 Å². The minimum atomic E-state index is -0.0964. The lowest BCUT2D eigenvalue weighted by molar-refractivity contribution is 0.275. The lowest BCUT2D eigenvalue weighted by atomic mass is 10.3. The molecule has 4 heteroatoms. The number of pyridine rings is 1. The Morgan fingerprint density at radius 2 is 1.84 bits per heavy atom. The third-order valence-corrected chi connectivity index (χ3v) is 2.53. The van der Waals surface area contributed by atoms with Gasteiger partial charge in [-0.15, -0.1) is 0 Å². The van der Waals surface area contributed by atoms with Crippen LogP contribution >= 0.6 is 0 Å². The van der Waals surface area contributed by atoms with Crippen LogP contribution < -0.4 is 9.47 Å². The van der Waals surface area contributed by atoms with Crippen molar-refractivity contribution in [3.63, 3.8) is 0 Å². The highest BCUT2D eigenvalue weighted by atomic mass is 16.5. The maximum atomic E-state index is 9.20. The van der Waals surface area contributed by atoms with Gasteiger partial charge in [0.1, 0.15) is 11.5 Å². The van der Waals surface area contributed by atoms with E-state index in [1.807, 2.05) is 24.3 Å². The average molecular weight is 259 g/mol. The molecule has 0 atom stereocenters. The molecule has 0 unspecified atom stereocenters. The number of benzene rings is 1.